The minimum Gasteiger partial charge on any atom is -0.481 e. The van der Waals surface area contributed by atoms with Crippen LogP contribution in [0.5, 0.6) is 0 Å². The number of amides is 2. The molecule has 2 N–H and O–H groups in total. The standard InChI is InChI=1S/C15H22N2O3/c1-5-17(11(3)9-14(18)19)15(20)16-13-8-6-7-10(2)12(13)4/h6-8,11H,5,9H2,1-4H3,(H,16,20)(H,18,19). The normalized spacial score (nSPS) is 11.8. The van der Waals surface area contributed by atoms with Crippen molar-refractivity contribution in [3.63, 3.8) is 0 Å². The number of hydrogen-bond acceptors (Lipinski definition) is 2. The Morgan fingerprint density at radius 1 is 1.35 bits per heavy atom. The number of carboxylic acid groups (broad SMARTS) is 1. The number of carboxylic acids is 1. The first-order valence-electron chi connectivity index (χ1n) is 6.72. The lowest BCUT2D eigenvalue weighted by molar-refractivity contribution is -0.137. The molecule has 20 heavy (non-hydrogen) atoms. The Labute approximate surface area is 119 Å². The summed E-state index contributed by atoms with van der Waals surface area (Å²) in [6.45, 7) is 7.96. The molecule has 0 aliphatic carbocycles. The molecule has 1 unspecified atom stereocenters. The van der Waals surface area contributed by atoms with Gasteiger partial charge in [-0.15, -0.1) is 0 Å². The maximum Gasteiger partial charge on any atom is 0.322 e. The monoisotopic (exact) mass is 278 g/mol. The summed E-state index contributed by atoms with van der Waals surface area (Å²) in [4.78, 5) is 24.5. The minimum atomic E-state index is -0.907. The van der Waals surface area contributed by atoms with Gasteiger partial charge in [0.25, 0.3) is 0 Å². The lowest BCUT2D eigenvalue weighted by Gasteiger charge is -2.27. The SMILES string of the molecule is CCN(C(=O)Nc1cccc(C)c1C)C(C)CC(=O)O. The lowest BCUT2D eigenvalue weighted by atomic mass is 10.1. The largest absolute Gasteiger partial charge is 0.481 e. The summed E-state index contributed by atoms with van der Waals surface area (Å²) in [6.07, 6.45) is -0.0614. The molecule has 0 bridgehead atoms. The Bertz CT molecular complexity index is 500. The van der Waals surface area contributed by atoms with E-state index in [1.165, 1.54) is 4.90 Å². The number of anilines is 1. The Balaban J connectivity index is 2.82. The molecule has 0 heterocycles. The van der Waals surface area contributed by atoms with Gasteiger partial charge in [0.2, 0.25) is 0 Å². The van der Waals surface area contributed by atoms with Crippen LogP contribution in [0.15, 0.2) is 18.2 Å². The molecule has 1 aromatic rings. The first-order valence-corrected chi connectivity index (χ1v) is 6.72. The molecular weight excluding hydrogens is 256 g/mol. The van der Waals surface area contributed by atoms with E-state index in [0.29, 0.717) is 6.54 Å². The topological polar surface area (TPSA) is 69.6 Å². The summed E-state index contributed by atoms with van der Waals surface area (Å²) in [6, 6.07) is 5.10. The van der Waals surface area contributed by atoms with Crippen LogP contribution < -0.4 is 5.32 Å². The smallest absolute Gasteiger partial charge is 0.322 e. The maximum absolute atomic E-state index is 12.3. The number of nitrogens with zero attached hydrogens (tertiary/aromatic N) is 1. The molecule has 0 aliphatic rings. The van der Waals surface area contributed by atoms with Gasteiger partial charge in [0, 0.05) is 18.3 Å². The van der Waals surface area contributed by atoms with E-state index in [1.807, 2.05) is 39.0 Å². The molecule has 0 saturated heterocycles. The second kappa shape index (κ2) is 6.93. The lowest BCUT2D eigenvalue weighted by Crippen LogP contribution is -2.42. The number of hydrogen-bond donors (Lipinski definition) is 2. The molecule has 1 atom stereocenters. The van der Waals surface area contributed by atoms with Crippen molar-refractivity contribution in [2.75, 3.05) is 11.9 Å². The van der Waals surface area contributed by atoms with Crippen molar-refractivity contribution in [3.8, 4) is 0 Å². The van der Waals surface area contributed by atoms with Crippen LogP contribution in [0.3, 0.4) is 0 Å². The third kappa shape index (κ3) is 3.98. The molecule has 2 amide bonds. The summed E-state index contributed by atoms with van der Waals surface area (Å²) in [5.41, 5.74) is 2.88. The van der Waals surface area contributed by atoms with Gasteiger partial charge in [-0.25, -0.2) is 4.79 Å². The highest BCUT2D eigenvalue weighted by molar-refractivity contribution is 5.90. The highest BCUT2D eigenvalue weighted by Gasteiger charge is 2.21. The number of nitrogens with one attached hydrogen (secondary N) is 1. The van der Waals surface area contributed by atoms with E-state index in [9.17, 15) is 9.59 Å². The summed E-state index contributed by atoms with van der Waals surface area (Å²) in [7, 11) is 0. The number of carbonyl (C=O) groups is 2. The first-order chi connectivity index (χ1) is 9.36. The molecular formula is C15H22N2O3. The average molecular weight is 278 g/mol. The maximum atomic E-state index is 12.3. The van der Waals surface area contributed by atoms with Crippen molar-refractivity contribution < 1.29 is 14.7 Å². The fourth-order valence-electron chi connectivity index (χ4n) is 2.09. The van der Waals surface area contributed by atoms with Crippen LogP contribution in [0.2, 0.25) is 0 Å². The molecule has 0 spiro atoms. The predicted molar refractivity (Wildman–Crippen MR) is 79.0 cm³/mol. The second-order valence-electron chi connectivity index (χ2n) is 4.91. The van der Waals surface area contributed by atoms with Gasteiger partial charge in [-0.3, -0.25) is 4.79 Å². The van der Waals surface area contributed by atoms with Crippen molar-refractivity contribution in [2.24, 2.45) is 0 Å². The van der Waals surface area contributed by atoms with Gasteiger partial charge in [-0.05, 0) is 44.9 Å². The number of aliphatic carboxylic acids is 1. The third-order valence-electron chi connectivity index (χ3n) is 3.45. The van der Waals surface area contributed by atoms with E-state index < -0.39 is 5.97 Å². The van der Waals surface area contributed by atoms with E-state index in [0.717, 1.165) is 16.8 Å². The van der Waals surface area contributed by atoms with Gasteiger partial charge in [0.15, 0.2) is 0 Å². The zero-order valence-corrected chi connectivity index (χ0v) is 12.4. The Kier molecular flexibility index (Phi) is 5.55. The highest BCUT2D eigenvalue weighted by atomic mass is 16.4. The van der Waals surface area contributed by atoms with E-state index >= 15 is 0 Å². The van der Waals surface area contributed by atoms with Crippen LogP contribution in [0.4, 0.5) is 10.5 Å². The summed E-state index contributed by atoms with van der Waals surface area (Å²) >= 11 is 0. The Hall–Kier alpha value is -2.04. The van der Waals surface area contributed by atoms with E-state index in [4.69, 9.17) is 5.11 Å². The van der Waals surface area contributed by atoms with E-state index in [-0.39, 0.29) is 18.5 Å². The van der Waals surface area contributed by atoms with Crippen molar-refractivity contribution in [1.29, 1.82) is 0 Å². The van der Waals surface area contributed by atoms with E-state index in [1.54, 1.807) is 6.92 Å². The molecule has 0 aromatic heterocycles. The number of benzene rings is 1. The molecule has 0 saturated carbocycles. The van der Waals surface area contributed by atoms with Gasteiger partial charge in [-0.2, -0.15) is 0 Å². The zero-order valence-electron chi connectivity index (χ0n) is 12.4. The molecule has 5 heteroatoms. The molecule has 1 aromatic carbocycles. The summed E-state index contributed by atoms with van der Waals surface area (Å²) in [5, 5.41) is 11.7. The number of aryl methyl sites for hydroxylation is 1. The van der Waals surface area contributed by atoms with Gasteiger partial charge < -0.3 is 15.3 Å². The van der Waals surface area contributed by atoms with Crippen LogP contribution in [-0.4, -0.2) is 34.6 Å². The van der Waals surface area contributed by atoms with Crippen molar-refractivity contribution in [1.82, 2.24) is 4.90 Å². The van der Waals surface area contributed by atoms with Crippen molar-refractivity contribution in [2.45, 2.75) is 40.2 Å². The highest BCUT2D eigenvalue weighted by Crippen LogP contribution is 2.19. The molecule has 0 aliphatic heterocycles. The van der Waals surface area contributed by atoms with Gasteiger partial charge in [-0.1, -0.05) is 12.1 Å². The summed E-state index contributed by atoms with van der Waals surface area (Å²) in [5.74, 6) is -0.907. The van der Waals surface area contributed by atoms with Crippen molar-refractivity contribution >= 4 is 17.7 Å². The minimum absolute atomic E-state index is 0.0614. The Morgan fingerprint density at radius 2 is 2.00 bits per heavy atom. The molecule has 0 radical (unpaired) electrons. The molecule has 1 rings (SSSR count). The Morgan fingerprint density at radius 3 is 2.55 bits per heavy atom. The van der Waals surface area contributed by atoms with Gasteiger partial charge >= 0.3 is 12.0 Å². The number of rotatable bonds is 5. The first kappa shape index (κ1) is 16.0. The number of carbonyl (C=O) groups excluding carboxylic acids is 1. The van der Waals surface area contributed by atoms with Crippen LogP contribution in [0, 0.1) is 13.8 Å². The summed E-state index contributed by atoms with van der Waals surface area (Å²) < 4.78 is 0. The van der Waals surface area contributed by atoms with Crippen LogP contribution in [0.25, 0.3) is 0 Å². The average Bonchev–Trinajstić information content (AvgIpc) is 2.35. The van der Waals surface area contributed by atoms with Crippen LogP contribution >= 0.6 is 0 Å². The van der Waals surface area contributed by atoms with Gasteiger partial charge in [0.1, 0.15) is 0 Å². The van der Waals surface area contributed by atoms with E-state index in [2.05, 4.69) is 5.32 Å². The fraction of sp³-hybridized carbons (Fsp3) is 0.467. The van der Waals surface area contributed by atoms with Crippen molar-refractivity contribution in [3.05, 3.63) is 29.3 Å². The fourth-order valence-corrected chi connectivity index (χ4v) is 2.09. The zero-order chi connectivity index (χ0) is 15.3. The molecule has 110 valence electrons. The molecule has 0 fully saturated rings. The predicted octanol–water partition coefficient (Wildman–Crippen LogP) is 3.02. The molecule has 5 nitrogen and oxygen atoms in total. The van der Waals surface area contributed by atoms with Gasteiger partial charge in [0.05, 0.1) is 6.42 Å². The van der Waals surface area contributed by atoms with Crippen LogP contribution in [0.1, 0.15) is 31.4 Å². The second-order valence-corrected chi connectivity index (χ2v) is 4.91. The third-order valence-corrected chi connectivity index (χ3v) is 3.45. The quantitative estimate of drug-likeness (QED) is 0.869. The number of urea groups is 1. The van der Waals surface area contributed by atoms with Crippen LogP contribution in [-0.2, 0) is 4.79 Å².